The van der Waals surface area contributed by atoms with Gasteiger partial charge in [-0.1, -0.05) is 91.0 Å². The highest BCUT2D eigenvalue weighted by Gasteiger charge is 2.30. The molecule has 0 aromatic heterocycles. The van der Waals surface area contributed by atoms with E-state index < -0.39 is 0 Å². The number of hydrogen-bond acceptors (Lipinski definition) is 1. The van der Waals surface area contributed by atoms with Gasteiger partial charge in [0.1, 0.15) is 0 Å². The molecule has 0 fully saturated rings. The molecule has 0 spiro atoms. The third kappa shape index (κ3) is 3.74. The van der Waals surface area contributed by atoms with Crippen molar-refractivity contribution >= 4 is 37.7 Å². The largest absolute Gasteiger partial charge is 0.303 e. The van der Waals surface area contributed by atoms with Crippen LogP contribution in [-0.4, -0.2) is 10.8 Å². The highest BCUT2D eigenvalue weighted by Crippen LogP contribution is 2.40. The van der Waals surface area contributed by atoms with E-state index >= 15 is 0 Å². The molecule has 0 bridgehead atoms. The van der Waals surface area contributed by atoms with Gasteiger partial charge in [0.05, 0.1) is 12.2 Å². The fourth-order valence-electron chi connectivity index (χ4n) is 3.24. The minimum Gasteiger partial charge on any atom is -0.303 e. The van der Waals surface area contributed by atoms with Crippen LogP contribution in [0.3, 0.4) is 0 Å². The van der Waals surface area contributed by atoms with E-state index in [4.69, 9.17) is 0 Å². The molecule has 3 heteroatoms. The first-order valence-electron chi connectivity index (χ1n) is 8.82. The van der Waals surface area contributed by atoms with E-state index in [1.54, 1.807) is 6.08 Å². The van der Waals surface area contributed by atoms with E-state index in [9.17, 15) is 4.79 Å². The third-order valence-electron chi connectivity index (χ3n) is 4.56. The van der Waals surface area contributed by atoms with Crippen LogP contribution in [0, 0.1) is 0 Å². The molecule has 3 aromatic carbocycles. The van der Waals surface area contributed by atoms with Crippen molar-refractivity contribution < 1.29 is 4.79 Å². The van der Waals surface area contributed by atoms with E-state index in [1.807, 2.05) is 59.5 Å². The average molecular weight is 463 g/mol. The zero-order valence-corrected chi connectivity index (χ0v) is 16.8. The van der Waals surface area contributed by atoms with Crippen molar-refractivity contribution in [3.05, 3.63) is 119 Å². The number of rotatable bonds is 4. The Kier molecular flexibility index (Phi) is 5.21. The Hall–Kier alpha value is -2.66. The van der Waals surface area contributed by atoms with E-state index in [1.165, 1.54) is 0 Å². The fourth-order valence-corrected chi connectivity index (χ4v) is 4.19. The molecule has 27 heavy (non-hydrogen) atoms. The molecule has 3 aromatic rings. The number of hydrogen-bond donors (Lipinski definition) is 0. The summed E-state index contributed by atoms with van der Waals surface area (Å²) in [4.78, 5) is 14.8. The summed E-state index contributed by atoms with van der Waals surface area (Å²) in [5.41, 5.74) is 5.24. The zero-order valence-electron chi connectivity index (χ0n) is 14.7. The summed E-state index contributed by atoms with van der Waals surface area (Å²) >= 11 is 2.36. The lowest BCUT2D eigenvalue weighted by atomic mass is 10.0. The molecule has 0 N–H and O–H groups in total. The topological polar surface area (TPSA) is 20.3 Å². The fraction of sp³-hybridized carbons (Fsp3) is 0.0417. The summed E-state index contributed by atoms with van der Waals surface area (Å²) in [5, 5.41) is 0. The molecule has 132 valence electrons. The lowest BCUT2D eigenvalue weighted by Gasteiger charge is -2.22. The van der Waals surface area contributed by atoms with Gasteiger partial charge in [-0.2, -0.15) is 0 Å². The SMILES string of the molecule is O=C1C=C(c2ccccc2)/C(=C(/I)c2ccccc2)N1Cc1ccccc1. The maximum Gasteiger partial charge on any atom is 0.252 e. The van der Waals surface area contributed by atoms with Gasteiger partial charge < -0.3 is 4.90 Å². The van der Waals surface area contributed by atoms with Crippen LogP contribution in [-0.2, 0) is 11.3 Å². The normalized spacial score (nSPS) is 15.7. The van der Waals surface area contributed by atoms with Gasteiger partial charge >= 0.3 is 0 Å². The standard InChI is InChI=1S/C24H18INO/c25-23(20-14-8-3-9-15-20)24-21(19-12-6-2-7-13-19)16-22(27)26(24)17-18-10-4-1-5-11-18/h1-16H,17H2/b24-23-. The van der Waals surface area contributed by atoms with Gasteiger partial charge in [-0.15, -0.1) is 0 Å². The lowest BCUT2D eigenvalue weighted by Crippen LogP contribution is -2.24. The number of carbonyl (C=O) groups excluding carboxylic acids is 1. The minimum absolute atomic E-state index is 0.0257. The van der Waals surface area contributed by atoms with Crippen LogP contribution in [0.15, 0.2) is 103 Å². The van der Waals surface area contributed by atoms with E-state index in [0.29, 0.717) is 6.54 Å². The summed E-state index contributed by atoms with van der Waals surface area (Å²) in [5.74, 6) is 0.0257. The molecule has 1 amide bonds. The Labute approximate surface area is 173 Å². The molecule has 0 unspecified atom stereocenters. The first kappa shape index (κ1) is 17.7. The molecular weight excluding hydrogens is 445 g/mol. The maximum absolute atomic E-state index is 12.9. The number of carbonyl (C=O) groups is 1. The van der Waals surface area contributed by atoms with Crippen molar-refractivity contribution in [3.8, 4) is 0 Å². The molecule has 4 rings (SSSR count). The number of halogens is 1. The maximum atomic E-state index is 12.9. The number of amides is 1. The summed E-state index contributed by atoms with van der Waals surface area (Å²) in [7, 11) is 0. The van der Waals surface area contributed by atoms with Crippen molar-refractivity contribution in [1.29, 1.82) is 0 Å². The second kappa shape index (κ2) is 7.92. The second-order valence-corrected chi connectivity index (χ2v) is 7.44. The summed E-state index contributed by atoms with van der Waals surface area (Å²) < 4.78 is 1.07. The quantitative estimate of drug-likeness (QED) is 0.441. The smallest absolute Gasteiger partial charge is 0.252 e. The van der Waals surface area contributed by atoms with Gasteiger partial charge in [-0.05, 0) is 39.3 Å². The summed E-state index contributed by atoms with van der Waals surface area (Å²) in [6.07, 6.45) is 1.76. The first-order chi connectivity index (χ1) is 13.2. The van der Waals surface area contributed by atoms with Crippen molar-refractivity contribution in [2.45, 2.75) is 6.54 Å². The molecule has 0 aliphatic carbocycles. The van der Waals surface area contributed by atoms with Crippen LogP contribution in [0.5, 0.6) is 0 Å². The Balaban J connectivity index is 1.83. The monoisotopic (exact) mass is 463 g/mol. The van der Waals surface area contributed by atoms with Crippen molar-refractivity contribution in [2.24, 2.45) is 0 Å². The van der Waals surface area contributed by atoms with E-state index in [0.717, 1.165) is 31.5 Å². The Morgan fingerprint density at radius 3 is 1.96 bits per heavy atom. The number of allylic oxidation sites excluding steroid dienone is 1. The van der Waals surface area contributed by atoms with E-state index in [2.05, 4.69) is 59.0 Å². The van der Waals surface area contributed by atoms with Gasteiger partial charge in [0.25, 0.3) is 5.91 Å². The molecule has 0 radical (unpaired) electrons. The van der Waals surface area contributed by atoms with Gasteiger partial charge in [0, 0.05) is 15.2 Å². The van der Waals surface area contributed by atoms with Crippen LogP contribution in [0.25, 0.3) is 9.15 Å². The Morgan fingerprint density at radius 1 is 0.778 bits per heavy atom. The summed E-state index contributed by atoms with van der Waals surface area (Å²) in [6, 6.07) is 30.5. The van der Waals surface area contributed by atoms with Crippen molar-refractivity contribution in [2.75, 3.05) is 0 Å². The molecule has 0 saturated carbocycles. The number of nitrogens with zero attached hydrogens (tertiary/aromatic N) is 1. The van der Waals surface area contributed by atoms with Gasteiger partial charge in [-0.25, -0.2) is 0 Å². The predicted octanol–water partition coefficient (Wildman–Crippen LogP) is 5.92. The first-order valence-corrected chi connectivity index (χ1v) is 9.90. The molecule has 0 saturated heterocycles. The molecule has 1 aliphatic rings. The van der Waals surface area contributed by atoms with Crippen molar-refractivity contribution in [1.82, 2.24) is 4.90 Å². The molecular formula is C24H18INO. The van der Waals surface area contributed by atoms with E-state index in [-0.39, 0.29) is 5.91 Å². The lowest BCUT2D eigenvalue weighted by molar-refractivity contribution is -0.123. The highest BCUT2D eigenvalue weighted by molar-refractivity contribution is 14.1. The van der Waals surface area contributed by atoms with Gasteiger partial charge in [0.15, 0.2) is 0 Å². The van der Waals surface area contributed by atoms with Gasteiger partial charge in [-0.3, -0.25) is 4.79 Å². The molecule has 2 nitrogen and oxygen atoms in total. The van der Waals surface area contributed by atoms with Crippen LogP contribution < -0.4 is 0 Å². The highest BCUT2D eigenvalue weighted by atomic mass is 127. The molecule has 1 heterocycles. The minimum atomic E-state index is 0.0257. The molecule has 1 aliphatic heterocycles. The number of benzene rings is 3. The summed E-state index contributed by atoms with van der Waals surface area (Å²) in [6.45, 7) is 0.557. The van der Waals surface area contributed by atoms with Crippen LogP contribution in [0.4, 0.5) is 0 Å². The second-order valence-electron chi connectivity index (χ2n) is 6.36. The third-order valence-corrected chi connectivity index (χ3v) is 5.70. The van der Waals surface area contributed by atoms with Crippen molar-refractivity contribution in [3.63, 3.8) is 0 Å². The average Bonchev–Trinajstić information content (AvgIpc) is 3.06. The molecule has 0 atom stereocenters. The van der Waals surface area contributed by atoms with Crippen LogP contribution in [0.1, 0.15) is 16.7 Å². The van der Waals surface area contributed by atoms with Crippen LogP contribution in [0.2, 0.25) is 0 Å². The zero-order chi connectivity index (χ0) is 18.6. The Bertz CT molecular complexity index is 1010. The van der Waals surface area contributed by atoms with Crippen LogP contribution >= 0.6 is 22.6 Å². The van der Waals surface area contributed by atoms with Gasteiger partial charge in [0.2, 0.25) is 0 Å². The Morgan fingerprint density at radius 2 is 1.33 bits per heavy atom. The predicted molar refractivity (Wildman–Crippen MR) is 119 cm³/mol.